The maximum absolute atomic E-state index is 12.1. The molecule has 7 nitrogen and oxygen atoms in total. The normalized spacial score (nSPS) is 10.9. The van der Waals surface area contributed by atoms with Gasteiger partial charge in [0.1, 0.15) is 5.56 Å². The number of pyridine rings is 1. The summed E-state index contributed by atoms with van der Waals surface area (Å²) in [6.45, 7) is 5.26. The highest BCUT2D eigenvalue weighted by Gasteiger charge is 2.20. The van der Waals surface area contributed by atoms with Crippen molar-refractivity contribution >= 4 is 22.7 Å². The van der Waals surface area contributed by atoms with Crippen LogP contribution in [-0.2, 0) is 11.8 Å². The minimum Gasteiger partial charge on any atom is -0.462 e. The molecule has 0 fully saturated rings. The molecule has 114 valence electrons. The van der Waals surface area contributed by atoms with Crippen molar-refractivity contribution in [1.29, 1.82) is 0 Å². The molecular formula is C14H21N5O2. The number of rotatable bonds is 6. The number of anilines is 1. The third-order valence-electron chi connectivity index (χ3n) is 3.21. The molecule has 0 aromatic carbocycles. The molecular weight excluding hydrogens is 270 g/mol. The van der Waals surface area contributed by atoms with Crippen LogP contribution in [0.5, 0.6) is 0 Å². The van der Waals surface area contributed by atoms with Gasteiger partial charge in [-0.15, -0.1) is 0 Å². The third kappa shape index (κ3) is 2.97. The second-order valence-corrected chi connectivity index (χ2v) is 4.74. The zero-order valence-corrected chi connectivity index (χ0v) is 12.6. The van der Waals surface area contributed by atoms with Crippen molar-refractivity contribution in [3.8, 4) is 0 Å². The van der Waals surface area contributed by atoms with Crippen LogP contribution in [-0.4, -0.2) is 40.4 Å². The highest BCUT2D eigenvalue weighted by molar-refractivity contribution is 6.05. The topological polar surface area (TPSA) is 95.1 Å². The van der Waals surface area contributed by atoms with Gasteiger partial charge in [0.05, 0.1) is 23.4 Å². The Hall–Kier alpha value is -2.15. The van der Waals surface area contributed by atoms with E-state index in [1.54, 1.807) is 11.6 Å². The maximum Gasteiger partial charge on any atom is 0.341 e. The minimum atomic E-state index is -0.384. The zero-order chi connectivity index (χ0) is 15.4. The Labute approximate surface area is 123 Å². The van der Waals surface area contributed by atoms with E-state index in [2.05, 4.69) is 15.4 Å². The summed E-state index contributed by atoms with van der Waals surface area (Å²) in [4.78, 5) is 16.4. The Balaban J connectivity index is 2.54. The summed E-state index contributed by atoms with van der Waals surface area (Å²) in [7, 11) is 1.83. The molecule has 21 heavy (non-hydrogen) atoms. The average molecular weight is 291 g/mol. The first-order valence-electron chi connectivity index (χ1n) is 7.03. The minimum absolute atomic E-state index is 0.325. The number of nitrogens with two attached hydrogens (primary N) is 1. The number of hydrogen-bond acceptors (Lipinski definition) is 6. The Morgan fingerprint density at radius 3 is 2.95 bits per heavy atom. The Morgan fingerprint density at radius 1 is 1.52 bits per heavy atom. The number of carbonyl (C=O) groups is 1. The predicted molar refractivity (Wildman–Crippen MR) is 81.4 cm³/mol. The van der Waals surface area contributed by atoms with Gasteiger partial charge in [-0.25, -0.2) is 9.78 Å². The number of esters is 1. The average Bonchev–Trinajstić information content (AvgIpc) is 2.75. The maximum atomic E-state index is 12.1. The zero-order valence-electron chi connectivity index (χ0n) is 12.6. The molecule has 7 heteroatoms. The molecule has 2 heterocycles. The lowest BCUT2D eigenvalue weighted by Crippen LogP contribution is -2.14. The molecule has 0 aliphatic carbocycles. The van der Waals surface area contributed by atoms with E-state index < -0.39 is 0 Å². The van der Waals surface area contributed by atoms with Gasteiger partial charge >= 0.3 is 5.97 Å². The number of nitrogens with one attached hydrogen (secondary N) is 1. The van der Waals surface area contributed by atoms with E-state index in [0.717, 1.165) is 28.8 Å². The van der Waals surface area contributed by atoms with Crippen LogP contribution in [0.2, 0.25) is 0 Å². The summed E-state index contributed by atoms with van der Waals surface area (Å²) in [6.07, 6.45) is 2.34. The number of ether oxygens (including phenoxy) is 1. The summed E-state index contributed by atoms with van der Waals surface area (Å²) in [5.41, 5.74) is 8.23. The molecule has 2 aromatic heterocycles. The van der Waals surface area contributed by atoms with Crippen LogP contribution < -0.4 is 11.1 Å². The summed E-state index contributed by atoms with van der Waals surface area (Å²) in [5, 5.41) is 8.49. The number of aryl methyl sites for hydroxylation is 2. The van der Waals surface area contributed by atoms with Crippen LogP contribution >= 0.6 is 0 Å². The second-order valence-electron chi connectivity index (χ2n) is 4.74. The standard InChI is InChI=1S/C14H21N5O2/c1-4-21-14(20)10-8-17-13-11(9(2)18-19(13)3)12(10)16-7-5-6-15/h8H,4-7,15H2,1-3H3,(H,16,17). The molecule has 0 atom stereocenters. The van der Waals surface area contributed by atoms with Crippen molar-refractivity contribution in [2.75, 3.05) is 25.0 Å². The lowest BCUT2D eigenvalue weighted by Gasteiger charge is -2.12. The Kier molecular flexibility index (Phi) is 4.74. The van der Waals surface area contributed by atoms with Crippen LogP contribution in [0.1, 0.15) is 29.4 Å². The number of carbonyl (C=O) groups excluding carboxylic acids is 1. The first kappa shape index (κ1) is 15.2. The molecule has 0 saturated carbocycles. The second kappa shape index (κ2) is 6.53. The van der Waals surface area contributed by atoms with Crippen LogP contribution in [0, 0.1) is 6.92 Å². The summed E-state index contributed by atoms with van der Waals surface area (Å²) >= 11 is 0. The van der Waals surface area contributed by atoms with Gasteiger partial charge in [-0.2, -0.15) is 5.10 Å². The van der Waals surface area contributed by atoms with E-state index in [0.29, 0.717) is 25.3 Å². The molecule has 0 saturated heterocycles. The summed E-state index contributed by atoms with van der Waals surface area (Å²) in [5.74, 6) is -0.384. The smallest absolute Gasteiger partial charge is 0.341 e. The van der Waals surface area contributed by atoms with E-state index in [1.165, 1.54) is 6.20 Å². The fourth-order valence-electron chi connectivity index (χ4n) is 2.27. The molecule has 0 amide bonds. The SMILES string of the molecule is CCOC(=O)c1cnc2c(c(C)nn2C)c1NCCCN. The highest BCUT2D eigenvalue weighted by atomic mass is 16.5. The van der Waals surface area contributed by atoms with Gasteiger partial charge in [-0.3, -0.25) is 4.68 Å². The van der Waals surface area contributed by atoms with E-state index >= 15 is 0 Å². The van der Waals surface area contributed by atoms with Gasteiger partial charge in [0.2, 0.25) is 0 Å². The molecule has 0 aliphatic rings. The molecule has 2 aromatic rings. The van der Waals surface area contributed by atoms with Gasteiger partial charge in [0.25, 0.3) is 0 Å². The van der Waals surface area contributed by atoms with Gasteiger partial charge in [0, 0.05) is 19.8 Å². The van der Waals surface area contributed by atoms with Crippen LogP contribution in [0.25, 0.3) is 11.0 Å². The van der Waals surface area contributed by atoms with E-state index in [-0.39, 0.29) is 5.97 Å². The quantitative estimate of drug-likeness (QED) is 0.613. The van der Waals surface area contributed by atoms with Crippen molar-refractivity contribution < 1.29 is 9.53 Å². The number of nitrogens with zero attached hydrogens (tertiary/aromatic N) is 3. The monoisotopic (exact) mass is 291 g/mol. The molecule has 0 unspecified atom stereocenters. The van der Waals surface area contributed by atoms with Crippen LogP contribution in [0.3, 0.4) is 0 Å². The van der Waals surface area contributed by atoms with Crippen LogP contribution in [0.4, 0.5) is 5.69 Å². The first-order valence-corrected chi connectivity index (χ1v) is 7.03. The first-order chi connectivity index (χ1) is 10.1. The van der Waals surface area contributed by atoms with E-state index in [4.69, 9.17) is 10.5 Å². The number of hydrogen-bond donors (Lipinski definition) is 2. The number of fused-ring (bicyclic) bond motifs is 1. The van der Waals surface area contributed by atoms with Crippen molar-refractivity contribution in [1.82, 2.24) is 14.8 Å². The summed E-state index contributed by atoms with van der Waals surface area (Å²) in [6, 6.07) is 0. The molecule has 0 aliphatic heterocycles. The van der Waals surface area contributed by atoms with Crippen LogP contribution in [0.15, 0.2) is 6.20 Å². The van der Waals surface area contributed by atoms with Crippen molar-refractivity contribution in [3.63, 3.8) is 0 Å². The van der Waals surface area contributed by atoms with E-state index in [1.807, 2.05) is 14.0 Å². The van der Waals surface area contributed by atoms with Gasteiger partial charge in [-0.1, -0.05) is 0 Å². The molecule has 3 N–H and O–H groups in total. The lowest BCUT2D eigenvalue weighted by molar-refractivity contribution is 0.0527. The highest BCUT2D eigenvalue weighted by Crippen LogP contribution is 2.29. The lowest BCUT2D eigenvalue weighted by atomic mass is 10.1. The number of aromatic nitrogens is 3. The van der Waals surface area contributed by atoms with Crippen molar-refractivity contribution in [2.45, 2.75) is 20.3 Å². The van der Waals surface area contributed by atoms with Gasteiger partial charge in [0.15, 0.2) is 5.65 Å². The van der Waals surface area contributed by atoms with Gasteiger partial charge < -0.3 is 15.8 Å². The fraction of sp³-hybridized carbons (Fsp3) is 0.500. The molecule has 0 bridgehead atoms. The van der Waals surface area contributed by atoms with Crippen molar-refractivity contribution in [3.05, 3.63) is 17.5 Å². The Morgan fingerprint density at radius 2 is 2.29 bits per heavy atom. The van der Waals surface area contributed by atoms with E-state index in [9.17, 15) is 4.79 Å². The molecule has 2 rings (SSSR count). The fourth-order valence-corrected chi connectivity index (χ4v) is 2.27. The Bertz CT molecular complexity index is 650. The predicted octanol–water partition coefficient (Wildman–Crippen LogP) is 1.21. The van der Waals surface area contributed by atoms with Gasteiger partial charge in [-0.05, 0) is 26.8 Å². The third-order valence-corrected chi connectivity index (χ3v) is 3.21. The molecule has 0 radical (unpaired) electrons. The van der Waals surface area contributed by atoms with Crippen molar-refractivity contribution in [2.24, 2.45) is 12.8 Å². The molecule has 0 spiro atoms. The largest absolute Gasteiger partial charge is 0.462 e. The summed E-state index contributed by atoms with van der Waals surface area (Å²) < 4.78 is 6.80.